The Hall–Kier alpha value is -6.08. The average molecular weight is 1160 g/mol. The van der Waals surface area contributed by atoms with Gasteiger partial charge in [-0.3, -0.25) is 11.8 Å². The Morgan fingerprint density at radius 1 is 0.258 bits per heavy atom. The first-order valence-corrected chi connectivity index (χ1v) is 24.4. The molecular weight excluding hydrogens is 1110 g/mol. The second-order valence-electron chi connectivity index (χ2n) is 15.5. The van der Waals surface area contributed by atoms with Crippen molar-refractivity contribution in [2.45, 2.75) is 0 Å². The van der Waals surface area contributed by atoms with Crippen LogP contribution in [0.5, 0.6) is 0 Å². The molecule has 0 nitrogen and oxygen atoms in total. The summed E-state index contributed by atoms with van der Waals surface area (Å²) in [6.45, 7) is 0. The van der Waals surface area contributed by atoms with Crippen molar-refractivity contribution in [3.8, 4) is 11.8 Å². The van der Waals surface area contributed by atoms with Gasteiger partial charge in [-0.05, 0) is 128 Å². The molecule has 0 saturated carbocycles. The first-order chi connectivity index (χ1) is 31.6. The second kappa shape index (κ2) is 23.4. The standard InChI is InChI=1S/C30H24P2.2C16H9.Ag.Au/c1-5-15-25(16-6-1)31(26-17-7-2-8-18-26)29-23-13-14-24-30(29)32(27-19-9-3-10-20-27)28-21-11-4-12-22-28;2*1-2-12-7-8-15-10-13-5-3-4-6-14(13)11-16(15)9-12;;/h1-24H;2*3-11H;;/q;2*-1;2*+1/p+2. The van der Waals surface area contributed by atoms with Crippen molar-refractivity contribution < 1.29 is 44.8 Å². The largest absolute Gasteiger partial charge is 1.00 e. The molecule has 11 aromatic carbocycles. The van der Waals surface area contributed by atoms with Crippen LogP contribution in [0.1, 0.15) is 11.1 Å². The summed E-state index contributed by atoms with van der Waals surface area (Å²) in [6.07, 6.45) is 14.3. The molecule has 0 bridgehead atoms. The number of benzene rings is 11. The van der Waals surface area contributed by atoms with Gasteiger partial charge in [-0.1, -0.05) is 146 Å². The van der Waals surface area contributed by atoms with Crippen LogP contribution < -0.4 is 31.8 Å². The summed E-state index contributed by atoms with van der Waals surface area (Å²) >= 11 is 0. The fourth-order valence-corrected chi connectivity index (χ4v) is 14.3. The quantitative estimate of drug-likeness (QED) is 0.0512. The van der Waals surface area contributed by atoms with Crippen molar-refractivity contribution in [3.63, 3.8) is 0 Å². The molecule has 0 aromatic heterocycles. The Balaban J connectivity index is 0.000000160. The zero-order chi connectivity index (χ0) is 43.5. The summed E-state index contributed by atoms with van der Waals surface area (Å²) < 4.78 is 0. The van der Waals surface area contributed by atoms with Gasteiger partial charge >= 0.3 is 44.8 Å². The van der Waals surface area contributed by atoms with Crippen molar-refractivity contribution in [1.29, 1.82) is 0 Å². The number of hydrogen-bond acceptors (Lipinski definition) is 0. The third kappa shape index (κ3) is 11.3. The molecule has 0 heterocycles. The van der Waals surface area contributed by atoms with Gasteiger partial charge in [-0.2, -0.15) is 0 Å². The molecule has 0 aliphatic carbocycles. The molecule has 0 unspecified atom stereocenters. The van der Waals surface area contributed by atoms with Crippen LogP contribution in [0.3, 0.4) is 0 Å². The van der Waals surface area contributed by atoms with Gasteiger partial charge in [0, 0.05) is 0 Å². The first-order valence-electron chi connectivity index (χ1n) is 21.4. The van der Waals surface area contributed by atoms with Crippen LogP contribution in [0.25, 0.3) is 43.1 Å². The Morgan fingerprint density at radius 3 is 0.788 bits per heavy atom. The maximum atomic E-state index is 7.13. The fraction of sp³-hybridized carbons (Fsp3) is 0. The van der Waals surface area contributed by atoms with Crippen molar-refractivity contribution >= 4 is 90.8 Å². The maximum Gasteiger partial charge on any atom is 1.00 e. The first kappa shape index (κ1) is 47.9. The molecule has 0 radical (unpaired) electrons. The Morgan fingerprint density at radius 2 is 0.500 bits per heavy atom. The van der Waals surface area contributed by atoms with Crippen molar-refractivity contribution in [1.82, 2.24) is 0 Å². The summed E-state index contributed by atoms with van der Waals surface area (Å²) in [7, 11) is -2.28. The van der Waals surface area contributed by atoms with Gasteiger partial charge in [0.1, 0.15) is 47.7 Å². The van der Waals surface area contributed by atoms with E-state index in [0.717, 1.165) is 21.9 Å². The SMILES string of the molecule is [Ag+].[Au+].[C-]#Cc1ccc2cc3ccccc3cc2c1.[C-]#Cc1ccc2cc3ccccc3cc2c1.c1ccc([PH+](c2ccccc2)c2ccccc2[PH+](c2ccccc2)c2ccccc2)cc1. The zero-order valence-electron chi connectivity index (χ0n) is 35.9. The topological polar surface area (TPSA) is 0 Å². The molecule has 322 valence electrons. The zero-order valence-corrected chi connectivity index (χ0v) is 41.5. The monoisotopic (exact) mass is 1150 g/mol. The molecule has 0 spiro atoms. The van der Waals surface area contributed by atoms with Crippen LogP contribution in [0.2, 0.25) is 0 Å². The summed E-state index contributed by atoms with van der Waals surface area (Å²) in [4.78, 5) is 0. The molecule has 11 rings (SSSR count). The molecule has 0 aliphatic heterocycles. The summed E-state index contributed by atoms with van der Waals surface area (Å²) in [5.74, 6) is 4.83. The fourth-order valence-electron chi connectivity index (χ4n) is 8.33. The van der Waals surface area contributed by atoms with E-state index in [9.17, 15) is 0 Å². The Labute approximate surface area is 422 Å². The van der Waals surface area contributed by atoms with Crippen LogP contribution in [0, 0.1) is 24.7 Å². The molecule has 0 amide bonds. The van der Waals surface area contributed by atoms with Crippen molar-refractivity contribution in [2.75, 3.05) is 0 Å². The van der Waals surface area contributed by atoms with Crippen LogP contribution >= 0.6 is 15.8 Å². The van der Waals surface area contributed by atoms with Gasteiger partial charge in [0.15, 0.2) is 0 Å². The van der Waals surface area contributed by atoms with Crippen molar-refractivity contribution in [2.24, 2.45) is 0 Å². The van der Waals surface area contributed by atoms with Crippen LogP contribution in [-0.2, 0) is 44.8 Å². The van der Waals surface area contributed by atoms with Gasteiger partial charge in [0.2, 0.25) is 0 Å². The minimum Gasteiger partial charge on any atom is -0.366 e. The number of hydrogen-bond donors (Lipinski definition) is 0. The van der Waals surface area contributed by atoms with Gasteiger partial charge in [0.25, 0.3) is 0 Å². The van der Waals surface area contributed by atoms with Crippen LogP contribution in [0.15, 0.2) is 255 Å². The van der Waals surface area contributed by atoms with E-state index in [-0.39, 0.29) is 44.8 Å². The summed E-state index contributed by atoms with van der Waals surface area (Å²) in [5, 5.41) is 18.4. The summed E-state index contributed by atoms with van der Waals surface area (Å²) in [6, 6.07) is 90.6. The molecule has 0 saturated heterocycles. The number of rotatable bonds is 6. The van der Waals surface area contributed by atoms with E-state index in [2.05, 4.69) is 206 Å². The van der Waals surface area contributed by atoms with E-state index < -0.39 is 15.8 Å². The van der Waals surface area contributed by atoms with E-state index in [1.54, 1.807) is 0 Å². The third-order valence-electron chi connectivity index (χ3n) is 11.4. The smallest absolute Gasteiger partial charge is 0.366 e. The maximum absolute atomic E-state index is 7.13. The third-order valence-corrected chi connectivity index (χ3v) is 17.3. The van der Waals surface area contributed by atoms with Gasteiger partial charge < -0.3 is 12.8 Å². The van der Waals surface area contributed by atoms with E-state index in [1.807, 2.05) is 60.7 Å². The van der Waals surface area contributed by atoms with Gasteiger partial charge in [-0.15, -0.1) is 35.4 Å². The molecule has 66 heavy (non-hydrogen) atoms. The molecule has 4 heteroatoms. The van der Waals surface area contributed by atoms with E-state index in [4.69, 9.17) is 12.8 Å². The molecule has 0 atom stereocenters. The second-order valence-corrected chi connectivity index (χ2v) is 20.4. The van der Waals surface area contributed by atoms with E-state index in [0.29, 0.717) is 0 Å². The Kier molecular flexibility index (Phi) is 17.0. The molecule has 0 fully saturated rings. The molecule has 0 N–H and O–H groups in total. The molecule has 0 aliphatic rings. The van der Waals surface area contributed by atoms with E-state index >= 15 is 0 Å². The molecule has 11 aromatic rings. The van der Waals surface area contributed by atoms with Gasteiger partial charge in [0.05, 0.1) is 0 Å². The van der Waals surface area contributed by atoms with Crippen LogP contribution in [-0.4, -0.2) is 0 Å². The predicted octanol–water partition coefficient (Wildman–Crippen LogP) is 12.5. The Bertz CT molecular complexity index is 3110. The normalized spacial score (nSPS) is 10.4. The van der Waals surface area contributed by atoms with Crippen LogP contribution in [0.4, 0.5) is 0 Å². The van der Waals surface area contributed by atoms with Crippen molar-refractivity contribution in [3.05, 3.63) is 279 Å². The molecular formula is C62H44AgAuP2+2. The minimum atomic E-state index is -1.14. The summed E-state index contributed by atoms with van der Waals surface area (Å²) in [5.41, 5.74) is 1.64. The minimum absolute atomic E-state index is 0. The van der Waals surface area contributed by atoms with E-state index in [1.165, 1.54) is 64.1 Å². The number of fused-ring (bicyclic) bond motifs is 4. The predicted molar refractivity (Wildman–Crippen MR) is 282 cm³/mol. The van der Waals surface area contributed by atoms with Gasteiger partial charge in [-0.25, -0.2) is 0 Å². The average Bonchev–Trinajstić information content (AvgIpc) is 3.37.